The summed E-state index contributed by atoms with van der Waals surface area (Å²) >= 11 is 2.33. The minimum Gasteiger partial charge on any atom is -0.366 e. The molecule has 1 heterocycles. The van der Waals surface area contributed by atoms with E-state index in [0.29, 0.717) is 6.04 Å². The van der Waals surface area contributed by atoms with Crippen LogP contribution in [-0.2, 0) is 0 Å². The summed E-state index contributed by atoms with van der Waals surface area (Å²) in [6, 6.07) is 0.607. The summed E-state index contributed by atoms with van der Waals surface area (Å²) in [5.74, 6) is 1.88. The molecule has 1 saturated carbocycles. The zero-order chi connectivity index (χ0) is 11.5. The second kappa shape index (κ2) is 5.29. The Balaban J connectivity index is 2.13. The second-order valence-corrected chi connectivity index (χ2v) is 5.58. The van der Waals surface area contributed by atoms with Crippen molar-refractivity contribution < 1.29 is 0 Å². The van der Waals surface area contributed by atoms with Crippen molar-refractivity contribution in [3.63, 3.8) is 0 Å². The normalized spacial score (nSPS) is 17.4. The molecule has 0 amide bonds. The minimum atomic E-state index is 0.607. The predicted molar refractivity (Wildman–Crippen MR) is 74.7 cm³/mol. The van der Waals surface area contributed by atoms with Crippen LogP contribution < -0.4 is 5.32 Å². The highest BCUT2D eigenvalue weighted by molar-refractivity contribution is 14.1. The van der Waals surface area contributed by atoms with Crippen molar-refractivity contribution in [2.75, 3.05) is 5.32 Å². The number of rotatable bonds is 2. The fourth-order valence-corrected chi connectivity index (χ4v) is 2.63. The molecule has 0 radical (unpaired) electrons. The SMILES string of the molecule is Cc1nc(C)c(I)c(NC2CCCCC2)n1. The fourth-order valence-electron chi connectivity index (χ4n) is 2.23. The maximum Gasteiger partial charge on any atom is 0.143 e. The minimum absolute atomic E-state index is 0.607. The van der Waals surface area contributed by atoms with Crippen LogP contribution in [0.3, 0.4) is 0 Å². The first-order valence-corrected chi connectivity index (χ1v) is 7.02. The number of halogens is 1. The number of hydrogen-bond donors (Lipinski definition) is 1. The van der Waals surface area contributed by atoms with E-state index in [0.717, 1.165) is 20.9 Å². The molecule has 1 fully saturated rings. The maximum atomic E-state index is 4.50. The van der Waals surface area contributed by atoms with Gasteiger partial charge in [-0.25, -0.2) is 9.97 Å². The lowest BCUT2D eigenvalue weighted by atomic mass is 9.95. The van der Waals surface area contributed by atoms with Gasteiger partial charge >= 0.3 is 0 Å². The molecule has 2 rings (SSSR count). The van der Waals surface area contributed by atoms with Gasteiger partial charge < -0.3 is 5.32 Å². The number of aromatic nitrogens is 2. The van der Waals surface area contributed by atoms with Crippen LogP contribution in [-0.4, -0.2) is 16.0 Å². The van der Waals surface area contributed by atoms with Gasteiger partial charge in [0.2, 0.25) is 0 Å². The van der Waals surface area contributed by atoms with Crippen LogP contribution in [0.25, 0.3) is 0 Å². The summed E-state index contributed by atoms with van der Waals surface area (Å²) in [5, 5.41) is 3.57. The van der Waals surface area contributed by atoms with E-state index in [9.17, 15) is 0 Å². The third-order valence-electron chi connectivity index (χ3n) is 3.07. The molecule has 0 saturated heterocycles. The number of nitrogens with zero attached hydrogens (tertiary/aromatic N) is 2. The molecule has 1 N–H and O–H groups in total. The van der Waals surface area contributed by atoms with Gasteiger partial charge in [0.05, 0.1) is 9.26 Å². The van der Waals surface area contributed by atoms with Crippen molar-refractivity contribution in [2.45, 2.75) is 52.0 Å². The Morgan fingerprint density at radius 3 is 2.50 bits per heavy atom. The Hall–Kier alpha value is -0.390. The van der Waals surface area contributed by atoms with Gasteiger partial charge in [-0.3, -0.25) is 0 Å². The van der Waals surface area contributed by atoms with Gasteiger partial charge in [-0.2, -0.15) is 0 Å². The third-order valence-corrected chi connectivity index (χ3v) is 4.37. The molecule has 0 spiro atoms. The molecule has 1 aliphatic rings. The van der Waals surface area contributed by atoms with E-state index in [-0.39, 0.29) is 0 Å². The first kappa shape index (κ1) is 12.1. The highest BCUT2D eigenvalue weighted by Crippen LogP contribution is 2.24. The Morgan fingerprint density at radius 1 is 1.12 bits per heavy atom. The Morgan fingerprint density at radius 2 is 1.81 bits per heavy atom. The number of nitrogens with one attached hydrogen (secondary N) is 1. The van der Waals surface area contributed by atoms with E-state index in [1.54, 1.807) is 0 Å². The van der Waals surface area contributed by atoms with Gasteiger partial charge in [0.25, 0.3) is 0 Å². The van der Waals surface area contributed by atoms with Crippen LogP contribution in [0.2, 0.25) is 0 Å². The molecule has 1 aliphatic carbocycles. The largest absolute Gasteiger partial charge is 0.366 e. The predicted octanol–water partition coefficient (Wildman–Crippen LogP) is 3.44. The van der Waals surface area contributed by atoms with Crippen molar-refractivity contribution in [1.82, 2.24) is 9.97 Å². The van der Waals surface area contributed by atoms with Gasteiger partial charge in [0, 0.05) is 6.04 Å². The molecular formula is C12H18IN3. The highest BCUT2D eigenvalue weighted by Gasteiger charge is 2.16. The summed E-state index contributed by atoms with van der Waals surface area (Å²) in [6.07, 6.45) is 6.63. The fraction of sp³-hybridized carbons (Fsp3) is 0.667. The number of anilines is 1. The van der Waals surface area contributed by atoms with Crippen molar-refractivity contribution in [1.29, 1.82) is 0 Å². The lowest BCUT2D eigenvalue weighted by Crippen LogP contribution is -2.24. The van der Waals surface area contributed by atoms with E-state index >= 15 is 0 Å². The second-order valence-electron chi connectivity index (χ2n) is 4.50. The topological polar surface area (TPSA) is 37.8 Å². The van der Waals surface area contributed by atoms with Crippen molar-refractivity contribution >= 4 is 28.4 Å². The monoisotopic (exact) mass is 331 g/mol. The lowest BCUT2D eigenvalue weighted by molar-refractivity contribution is 0.461. The Kier molecular flexibility index (Phi) is 4.00. The molecule has 0 unspecified atom stereocenters. The van der Waals surface area contributed by atoms with Gasteiger partial charge in [0.15, 0.2) is 0 Å². The van der Waals surface area contributed by atoms with Crippen LogP contribution in [0.4, 0.5) is 5.82 Å². The Bertz CT molecular complexity index is 373. The maximum absolute atomic E-state index is 4.50. The molecule has 16 heavy (non-hydrogen) atoms. The van der Waals surface area contributed by atoms with E-state index < -0.39 is 0 Å². The molecular weight excluding hydrogens is 313 g/mol. The summed E-state index contributed by atoms with van der Waals surface area (Å²) < 4.78 is 1.16. The molecule has 88 valence electrons. The molecule has 1 aromatic rings. The summed E-state index contributed by atoms with van der Waals surface area (Å²) in [5.41, 5.74) is 1.08. The van der Waals surface area contributed by atoms with Crippen LogP contribution in [0.1, 0.15) is 43.6 Å². The highest BCUT2D eigenvalue weighted by atomic mass is 127. The van der Waals surface area contributed by atoms with E-state index in [4.69, 9.17) is 0 Å². The molecule has 4 heteroatoms. The van der Waals surface area contributed by atoms with Crippen LogP contribution >= 0.6 is 22.6 Å². The van der Waals surface area contributed by atoms with Crippen molar-refractivity contribution in [3.8, 4) is 0 Å². The average Bonchev–Trinajstić information content (AvgIpc) is 2.27. The van der Waals surface area contributed by atoms with Gasteiger partial charge in [-0.1, -0.05) is 19.3 Å². The van der Waals surface area contributed by atoms with Gasteiger partial charge in [0.1, 0.15) is 11.6 Å². The summed E-state index contributed by atoms with van der Waals surface area (Å²) in [4.78, 5) is 8.87. The smallest absolute Gasteiger partial charge is 0.143 e. The van der Waals surface area contributed by atoms with Gasteiger partial charge in [-0.15, -0.1) is 0 Å². The molecule has 0 aromatic carbocycles. The van der Waals surface area contributed by atoms with Crippen LogP contribution in [0.15, 0.2) is 0 Å². The standard InChI is InChI=1S/C12H18IN3/c1-8-11(13)12(15-9(2)14-8)16-10-6-4-3-5-7-10/h10H,3-7H2,1-2H3,(H,14,15,16). The zero-order valence-electron chi connectivity index (χ0n) is 9.89. The van der Waals surface area contributed by atoms with E-state index in [2.05, 4.69) is 37.9 Å². The average molecular weight is 331 g/mol. The van der Waals surface area contributed by atoms with Crippen LogP contribution in [0.5, 0.6) is 0 Å². The summed E-state index contributed by atoms with van der Waals surface area (Å²) in [7, 11) is 0. The Labute approximate surface area is 111 Å². The molecule has 1 aromatic heterocycles. The van der Waals surface area contributed by atoms with E-state index in [1.807, 2.05) is 13.8 Å². The first-order chi connectivity index (χ1) is 7.66. The molecule has 0 aliphatic heterocycles. The van der Waals surface area contributed by atoms with Crippen LogP contribution in [0, 0.1) is 17.4 Å². The van der Waals surface area contributed by atoms with Crippen molar-refractivity contribution in [2.24, 2.45) is 0 Å². The zero-order valence-corrected chi connectivity index (χ0v) is 12.0. The molecule has 0 bridgehead atoms. The van der Waals surface area contributed by atoms with E-state index in [1.165, 1.54) is 32.1 Å². The van der Waals surface area contributed by atoms with Gasteiger partial charge in [-0.05, 0) is 49.3 Å². The van der Waals surface area contributed by atoms with Crippen molar-refractivity contribution in [3.05, 3.63) is 15.1 Å². The third kappa shape index (κ3) is 2.84. The molecule has 0 atom stereocenters. The number of aryl methyl sites for hydroxylation is 2. The summed E-state index contributed by atoms with van der Waals surface area (Å²) in [6.45, 7) is 4.00. The quantitative estimate of drug-likeness (QED) is 0.844. The number of hydrogen-bond acceptors (Lipinski definition) is 3. The molecule has 3 nitrogen and oxygen atoms in total. The lowest BCUT2D eigenvalue weighted by Gasteiger charge is -2.24. The first-order valence-electron chi connectivity index (χ1n) is 5.94.